The Morgan fingerprint density at radius 3 is 1.36 bits per heavy atom. The molecule has 0 aliphatic carbocycles. The van der Waals surface area contributed by atoms with Crippen LogP contribution >= 0.6 is 0 Å². The molecule has 0 aromatic rings. The Morgan fingerprint density at radius 2 is 1.04 bits per heavy atom. The molecule has 0 saturated carbocycles. The Morgan fingerprint density at radius 1 is 0.679 bits per heavy atom. The van der Waals surface area contributed by atoms with E-state index >= 15 is 0 Å². The summed E-state index contributed by atoms with van der Waals surface area (Å²) in [4.78, 5) is 50.3. The molecule has 0 unspecified atom stereocenters. The average Bonchev–Trinajstić information content (AvgIpc) is 2.70. The number of unbranched alkanes of at least 4 members (excludes halogenated alkanes) is 2. The van der Waals surface area contributed by atoms with Gasteiger partial charge in [-0.1, -0.05) is 26.7 Å². The van der Waals surface area contributed by atoms with Crippen molar-refractivity contribution < 1.29 is 28.7 Å². The minimum Gasteiger partial charge on any atom is -0.463 e. The molecule has 0 N–H and O–H groups in total. The van der Waals surface area contributed by atoms with Crippen LogP contribution in [0.1, 0.15) is 39.5 Å². The lowest BCUT2D eigenvalue weighted by Gasteiger charge is -2.33. The summed E-state index contributed by atoms with van der Waals surface area (Å²) in [6.45, 7) is 6.09. The van der Waals surface area contributed by atoms with Crippen molar-refractivity contribution in [3.8, 4) is 0 Å². The lowest BCUT2D eigenvalue weighted by molar-refractivity contribution is -0.139. The van der Waals surface area contributed by atoms with Crippen molar-refractivity contribution in [2.45, 2.75) is 39.5 Å². The fourth-order valence-corrected chi connectivity index (χ4v) is 2.37. The van der Waals surface area contributed by atoms with Gasteiger partial charge in [-0.2, -0.15) is 0 Å². The molecule has 1 fully saturated rings. The van der Waals surface area contributed by atoms with Gasteiger partial charge >= 0.3 is 11.9 Å². The second-order valence-electron chi connectivity index (χ2n) is 6.36. The standard InChI is InChI=1S/C20H30N2O6/c1-3-5-15-27-19(25)9-7-17(23)21-11-13-22(14-12-21)18(24)8-10-20(26)28-16-6-4-2/h7-10H,3-6,11-16H2,1-2H3. The SMILES string of the molecule is CCCCOC(=O)C=CC(=O)N1CCN(C(=O)C=CC(=O)OCCCC)CC1. The molecule has 8 heteroatoms. The lowest BCUT2D eigenvalue weighted by atomic mass is 10.3. The molecule has 0 aromatic heterocycles. The molecule has 156 valence electrons. The van der Waals surface area contributed by atoms with Gasteiger partial charge in [0.2, 0.25) is 11.8 Å². The average molecular weight is 394 g/mol. The maximum absolute atomic E-state index is 12.1. The van der Waals surface area contributed by atoms with E-state index < -0.39 is 11.9 Å². The Labute approximate surface area is 166 Å². The van der Waals surface area contributed by atoms with Gasteiger partial charge in [0.15, 0.2) is 0 Å². The van der Waals surface area contributed by atoms with Crippen molar-refractivity contribution in [3.05, 3.63) is 24.3 Å². The Balaban J connectivity index is 2.35. The van der Waals surface area contributed by atoms with Gasteiger partial charge in [-0.15, -0.1) is 0 Å². The van der Waals surface area contributed by atoms with Gasteiger partial charge in [0, 0.05) is 50.5 Å². The molecule has 2 amide bonds. The van der Waals surface area contributed by atoms with Crippen LogP contribution in [-0.2, 0) is 28.7 Å². The maximum Gasteiger partial charge on any atom is 0.330 e. The van der Waals surface area contributed by atoms with Crippen LogP contribution in [0.4, 0.5) is 0 Å². The first-order valence-corrected chi connectivity index (χ1v) is 9.75. The molecule has 1 heterocycles. The molecule has 1 aliphatic rings. The highest BCUT2D eigenvalue weighted by atomic mass is 16.5. The van der Waals surface area contributed by atoms with Crippen LogP contribution < -0.4 is 0 Å². The highest BCUT2D eigenvalue weighted by Gasteiger charge is 2.22. The molecule has 0 radical (unpaired) electrons. The number of carbonyl (C=O) groups is 4. The van der Waals surface area contributed by atoms with E-state index in [2.05, 4.69) is 0 Å². The number of piperazine rings is 1. The zero-order valence-corrected chi connectivity index (χ0v) is 16.7. The Bertz CT molecular complexity index is 540. The maximum atomic E-state index is 12.1. The molecule has 0 atom stereocenters. The fourth-order valence-electron chi connectivity index (χ4n) is 2.37. The minimum atomic E-state index is -0.536. The topological polar surface area (TPSA) is 93.2 Å². The number of ether oxygens (including phenoxy) is 2. The van der Waals surface area contributed by atoms with Gasteiger partial charge in [-0.25, -0.2) is 9.59 Å². The Hall–Kier alpha value is -2.64. The number of hydrogen-bond donors (Lipinski definition) is 0. The van der Waals surface area contributed by atoms with E-state index in [1.165, 1.54) is 12.2 Å². The summed E-state index contributed by atoms with van der Waals surface area (Å²) in [5.41, 5.74) is 0. The zero-order chi connectivity index (χ0) is 20.8. The van der Waals surface area contributed by atoms with Crippen molar-refractivity contribution in [1.82, 2.24) is 9.80 Å². The van der Waals surface area contributed by atoms with E-state index in [9.17, 15) is 19.2 Å². The van der Waals surface area contributed by atoms with Crippen molar-refractivity contribution >= 4 is 23.8 Å². The number of nitrogens with zero attached hydrogens (tertiary/aromatic N) is 2. The first kappa shape index (κ1) is 23.4. The molecule has 8 nitrogen and oxygen atoms in total. The third-order valence-corrected chi connectivity index (χ3v) is 4.11. The summed E-state index contributed by atoms with van der Waals surface area (Å²) in [5.74, 6) is -1.66. The van der Waals surface area contributed by atoms with Crippen molar-refractivity contribution in [1.29, 1.82) is 0 Å². The summed E-state index contributed by atoms with van der Waals surface area (Å²) < 4.78 is 9.90. The van der Waals surface area contributed by atoms with Crippen LogP contribution in [0, 0.1) is 0 Å². The lowest BCUT2D eigenvalue weighted by Crippen LogP contribution is -2.49. The van der Waals surface area contributed by atoms with Gasteiger partial charge in [-0.3, -0.25) is 9.59 Å². The number of rotatable bonds is 10. The molecular formula is C20H30N2O6. The summed E-state index contributed by atoms with van der Waals surface area (Å²) in [7, 11) is 0. The normalized spacial score (nSPS) is 14.5. The van der Waals surface area contributed by atoms with Crippen molar-refractivity contribution in [2.24, 2.45) is 0 Å². The summed E-state index contributed by atoms with van der Waals surface area (Å²) in [6.07, 6.45) is 8.06. The van der Waals surface area contributed by atoms with Crippen LogP contribution in [0.5, 0.6) is 0 Å². The van der Waals surface area contributed by atoms with E-state index in [4.69, 9.17) is 9.47 Å². The zero-order valence-electron chi connectivity index (χ0n) is 16.7. The molecule has 0 spiro atoms. The van der Waals surface area contributed by atoms with Crippen molar-refractivity contribution in [3.63, 3.8) is 0 Å². The highest BCUT2D eigenvalue weighted by Crippen LogP contribution is 2.04. The van der Waals surface area contributed by atoms with Gasteiger partial charge in [0.05, 0.1) is 13.2 Å². The van der Waals surface area contributed by atoms with Crippen molar-refractivity contribution in [2.75, 3.05) is 39.4 Å². The van der Waals surface area contributed by atoms with E-state index in [0.29, 0.717) is 39.4 Å². The third-order valence-electron chi connectivity index (χ3n) is 4.11. The molecule has 1 saturated heterocycles. The first-order chi connectivity index (χ1) is 13.5. The fraction of sp³-hybridized carbons (Fsp3) is 0.600. The molecule has 28 heavy (non-hydrogen) atoms. The predicted octanol–water partition coefficient (Wildman–Crippen LogP) is 1.46. The summed E-state index contributed by atoms with van der Waals surface area (Å²) >= 11 is 0. The minimum absolute atomic E-state index is 0.297. The molecule has 0 aromatic carbocycles. The van der Waals surface area contributed by atoms with Gasteiger partial charge in [0.25, 0.3) is 0 Å². The van der Waals surface area contributed by atoms with Gasteiger partial charge in [-0.05, 0) is 12.8 Å². The summed E-state index contributed by atoms with van der Waals surface area (Å²) in [5, 5.41) is 0. The van der Waals surface area contributed by atoms with E-state index in [-0.39, 0.29) is 11.8 Å². The van der Waals surface area contributed by atoms with Crippen LogP contribution in [0.15, 0.2) is 24.3 Å². The second-order valence-corrected chi connectivity index (χ2v) is 6.36. The first-order valence-electron chi connectivity index (χ1n) is 9.75. The monoisotopic (exact) mass is 394 g/mol. The largest absolute Gasteiger partial charge is 0.463 e. The number of amides is 2. The predicted molar refractivity (Wildman–Crippen MR) is 103 cm³/mol. The summed E-state index contributed by atoms with van der Waals surface area (Å²) in [6, 6.07) is 0. The van der Waals surface area contributed by atoms with Gasteiger partial charge < -0.3 is 19.3 Å². The van der Waals surface area contributed by atoms with E-state index in [1.54, 1.807) is 9.80 Å². The third kappa shape index (κ3) is 9.34. The number of esters is 2. The number of carbonyl (C=O) groups excluding carboxylic acids is 4. The smallest absolute Gasteiger partial charge is 0.330 e. The van der Waals surface area contributed by atoms with Crippen LogP contribution in [0.25, 0.3) is 0 Å². The molecule has 1 aliphatic heterocycles. The highest BCUT2D eigenvalue weighted by molar-refractivity contribution is 5.96. The number of hydrogen-bond acceptors (Lipinski definition) is 6. The van der Waals surface area contributed by atoms with E-state index in [1.807, 2.05) is 13.8 Å². The molecule has 0 bridgehead atoms. The van der Waals surface area contributed by atoms with Crippen LogP contribution in [0.2, 0.25) is 0 Å². The second kappa shape index (κ2) is 13.5. The molecular weight excluding hydrogens is 364 g/mol. The van der Waals surface area contributed by atoms with Gasteiger partial charge in [0.1, 0.15) is 0 Å². The van der Waals surface area contributed by atoms with Crippen LogP contribution in [-0.4, -0.2) is 72.9 Å². The van der Waals surface area contributed by atoms with Crippen LogP contribution in [0.3, 0.4) is 0 Å². The Kier molecular flexibility index (Phi) is 11.3. The quantitative estimate of drug-likeness (QED) is 0.316. The van der Waals surface area contributed by atoms with E-state index in [0.717, 1.165) is 37.8 Å². The molecule has 1 rings (SSSR count).